The molecule has 0 bridgehead atoms. The molecular weight excluding hydrogens is 407 g/mol. The predicted octanol–water partition coefficient (Wildman–Crippen LogP) is 4.46. The molecule has 0 N–H and O–H groups in total. The fourth-order valence-corrected chi connectivity index (χ4v) is 4.93. The van der Waals surface area contributed by atoms with E-state index in [1.54, 1.807) is 6.20 Å². The van der Waals surface area contributed by atoms with E-state index in [2.05, 4.69) is 14.9 Å². The van der Waals surface area contributed by atoms with Crippen LogP contribution >= 0.6 is 11.3 Å². The highest BCUT2D eigenvalue weighted by Crippen LogP contribution is 2.34. The molecule has 0 amide bonds. The second-order valence-electron chi connectivity index (χ2n) is 6.34. The molecule has 146 valence electrons. The van der Waals surface area contributed by atoms with Gasteiger partial charge in [-0.1, -0.05) is 12.1 Å². The summed E-state index contributed by atoms with van der Waals surface area (Å²) in [5.41, 5.74) is 1.73. The summed E-state index contributed by atoms with van der Waals surface area (Å²) in [5.74, 6) is 1.39. The normalized spacial score (nSPS) is 15.8. The third-order valence-corrected chi connectivity index (χ3v) is 6.87. The molecule has 4 nitrogen and oxygen atoms in total. The molecule has 3 heterocycles. The number of thiazole rings is 1. The van der Waals surface area contributed by atoms with Gasteiger partial charge in [0.25, 0.3) is 0 Å². The Labute approximate surface area is 166 Å². The van der Waals surface area contributed by atoms with Gasteiger partial charge in [0.2, 0.25) is 0 Å². The van der Waals surface area contributed by atoms with Gasteiger partial charge < -0.3 is 4.90 Å². The quantitative estimate of drug-likeness (QED) is 0.624. The molecule has 2 aromatic heterocycles. The first kappa shape index (κ1) is 19.1. The van der Waals surface area contributed by atoms with Crippen LogP contribution in [0.15, 0.2) is 48.8 Å². The van der Waals surface area contributed by atoms with Crippen molar-refractivity contribution >= 4 is 27.8 Å². The second-order valence-corrected chi connectivity index (χ2v) is 9.07. The molecule has 3 aromatic rings. The van der Waals surface area contributed by atoms with Gasteiger partial charge in [-0.3, -0.25) is 9.19 Å². The van der Waals surface area contributed by atoms with E-state index in [1.165, 1.54) is 23.6 Å². The highest BCUT2D eigenvalue weighted by molar-refractivity contribution is 7.85. The van der Waals surface area contributed by atoms with Crippen LogP contribution in [0.2, 0.25) is 0 Å². The average molecular weight is 423 g/mol. The first-order valence-electron chi connectivity index (χ1n) is 8.60. The van der Waals surface area contributed by atoms with Crippen LogP contribution in [0.4, 0.5) is 18.9 Å². The van der Waals surface area contributed by atoms with Crippen LogP contribution < -0.4 is 4.90 Å². The SMILES string of the molecule is O=S1CCN(c2ccc(-c3cnc(-c4ccc(C(F)(F)F)nc4)s3)cc2)CC1. The van der Waals surface area contributed by atoms with E-state index in [9.17, 15) is 17.4 Å². The number of benzene rings is 1. The van der Waals surface area contributed by atoms with Gasteiger partial charge in [0.05, 0.1) is 4.88 Å². The van der Waals surface area contributed by atoms with Crippen molar-refractivity contribution < 1.29 is 17.4 Å². The molecule has 9 heteroatoms. The molecule has 28 heavy (non-hydrogen) atoms. The van der Waals surface area contributed by atoms with Crippen LogP contribution in [0, 0.1) is 0 Å². The lowest BCUT2D eigenvalue weighted by Crippen LogP contribution is -2.37. The van der Waals surface area contributed by atoms with Crippen molar-refractivity contribution in [1.82, 2.24) is 9.97 Å². The van der Waals surface area contributed by atoms with Gasteiger partial charge in [-0.15, -0.1) is 11.3 Å². The average Bonchev–Trinajstić information content (AvgIpc) is 3.18. The summed E-state index contributed by atoms with van der Waals surface area (Å²) in [4.78, 5) is 11.0. The maximum atomic E-state index is 12.6. The largest absolute Gasteiger partial charge is 0.433 e. The van der Waals surface area contributed by atoms with Gasteiger partial charge in [-0.2, -0.15) is 13.2 Å². The van der Waals surface area contributed by atoms with Crippen LogP contribution in [-0.2, 0) is 17.0 Å². The first-order chi connectivity index (χ1) is 13.4. The van der Waals surface area contributed by atoms with Crippen LogP contribution in [0.1, 0.15) is 5.69 Å². The van der Waals surface area contributed by atoms with Crippen molar-refractivity contribution in [2.45, 2.75) is 6.18 Å². The Morgan fingerprint density at radius 3 is 2.21 bits per heavy atom. The Kier molecular flexibility index (Phi) is 5.20. The van der Waals surface area contributed by atoms with Crippen molar-refractivity contribution in [3.63, 3.8) is 0 Å². The monoisotopic (exact) mass is 423 g/mol. The Hall–Kier alpha value is -2.26. The van der Waals surface area contributed by atoms with Crippen molar-refractivity contribution in [3.05, 3.63) is 54.5 Å². The molecule has 0 spiro atoms. The zero-order valence-corrected chi connectivity index (χ0v) is 16.3. The molecule has 1 aromatic carbocycles. The molecular formula is C19H16F3N3OS2. The molecule has 0 saturated carbocycles. The molecule has 0 aliphatic carbocycles. The van der Waals surface area contributed by atoms with E-state index >= 15 is 0 Å². The van der Waals surface area contributed by atoms with Gasteiger partial charge in [-0.05, 0) is 29.8 Å². The Morgan fingerprint density at radius 1 is 0.929 bits per heavy atom. The zero-order valence-electron chi connectivity index (χ0n) is 14.6. The summed E-state index contributed by atoms with van der Waals surface area (Å²) in [6.45, 7) is 1.58. The third-order valence-electron chi connectivity index (χ3n) is 4.50. The minimum Gasteiger partial charge on any atom is -0.370 e. The summed E-state index contributed by atoms with van der Waals surface area (Å²) < 4.78 is 49.4. The van der Waals surface area contributed by atoms with Crippen molar-refractivity contribution in [1.29, 1.82) is 0 Å². The predicted molar refractivity (Wildman–Crippen MR) is 106 cm³/mol. The van der Waals surface area contributed by atoms with E-state index in [1.807, 2.05) is 24.3 Å². The standard InChI is InChI=1S/C19H16F3N3OS2/c20-19(21,22)17-6-3-14(11-23-17)18-24-12-16(27-18)13-1-4-15(5-2-13)25-7-9-28(26)10-8-25/h1-6,11-12H,7-10H2. The zero-order chi connectivity index (χ0) is 19.7. The van der Waals surface area contributed by atoms with Crippen molar-refractivity contribution in [2.75, 3.05) is 29.5 Å². The maximum Gasteiger partial charge on any atom is 0.433 e. The highest BCUT2D eigenvalue weighted by Gasteiger charge is 2.32. The van der Waals surface area contributed by atoms with E-state index in [-0.39, 0.29) is 0 Å². The highest BCUT2D eigenvalue weighted by atomic mass is 32.2. The van der Waals surface area contributed by atoms with E-state index in [0.717, 1.165) is 35.3 Å². The Bertz CT molecular complexity index is 975. The number of nitrogens with zero attached hydrogens (tertiary/aromatic N) is 3. The lowest BCUT2D eigenvalue weighted by atomic mass is 10.1. The lowest BCUT2D eigenvalue weighted by molar-refractivity contribution is -0.141. The minimum atomic E-state index is -4.45. The Morgan fingerprint density at radius 2 is 1.61 bits per heavy atom. The van der Waals surface area contributed by atoms with Crippen LogP contribution in [0.3, 0.4) is 0 Å². The summed E-state index contributed by atoms with van der Waals surface area (Å²) in [7, 11) is -0.707. The number of alkyl halides is 3. The second kappa shape index (κ2) is 7.63. The minimum absolute atomic E-state index is 0.558. The topological polar surface area (TPSA) is 46.1 Å². The lowest BCUT2D eigenvalue weighted by Gasteiger charge is -2.28. The Balaban J connectivity index is 1.50. The molecule has 1 aliphatic rings. The summed E-state index contributed by atoms with van der Waals surface area (Å²) >= 11 is 1.41. The van der Waals surface area contributed by atoms with Crippen LogP contribution in [-0.4, -0.2) is 38.8 Å². The number of hydrogen-bond donors (Lipinski definition) is 0. The van der Waals surface area contributed by atoms with Gasteiger partial charge in [-0.25, -0.2) is 4.98 Å². The number of rotatable bonds is 3. The van der Waals surface area contributed by atoms with Gasteiger partial charge in [0.1, 0.15) is 10.7 Å². The maximum absolute atomic E-state index is 12.6. The fourth-order valence-electron chi connectivity index (χ4n) is 2.96. The summed E-state index contributed by atoms with van der Waals surface area (Å²) in [5, 5.41) is 0.624. The number of anilines is 1. The van der Waals surface area contributed by atoms with E-state index < -0.39 is 22.7 Å². The summed E-state index contributed by atoms with van der Waals surface area (Å²) in [6, 6.07) is 10.4. The fraction of sp³-hybridized carbons (Fsp3) is 0.263. The number of halogens is 3. The van der Waals surface area contributed by atoms with Crippen molar-refractivity contribution in [3.8, 4) is 21.0 Å². The van der Waals surface area contributed by atoms with Crippen LogP contribution in [0.5, 0.6) is 0 Å². The molecule has 4 rings (SSSR count). The van der Waals surface area contributed by atoms with E-state index in [4.69, 9.17) is 0 Å². The molecule has 1 saturated heterocycles. The summed E-state index contributed by atoms with van der Waals surface area (Å²) in [6.07, 6.45) is -1.52. The van der Waals surface area contributed by atoms with Crippen molar-refractivity contribution in [2.24, 2.45) is 0 Å². The number of hydrogen-bond acceptors (Lipinski definition) is 5. The molecule has 0 atom stereocenters. The number of pyridine rings is 1. The van der Waals surface area contributed by atoms with Crippen LogP contribution in [0.25, 0.3) is 21.0 Å². The third kappa shape index (κ3) is 4.10. The van der Waals surface area contributed by atoms with Gasteiger partial charge in [0.15, 0.2) is 0 Å². The first-order valence-corrected chi connectivity index (χ1v) is 10.9. The van der Waals surface area contributed by atoms with Gasteiger partial charge in [0, 0.05) is 59.0 Å². The van der Waals surface area contributed by atoms with E-state index in [0.29, 0.717) is 22.1 Å². The smallest absolute Gasteiger partial charge is 0.370 e. The van der Waals surface area contributed by atoms with Gasteiger partial charge >= 0.3 is 6.18 Å². The molecule has 0 unspecified atom stereocenters. The number of aromatic nitrogens is 2. The molecule has 1 aliphatic heterocycles. The molecule has 1 fully saturated rings. The molecule has 0 radical (unpaired) electrons.